The molecule has 0 spiro atoms. The Labute approximate surface area is 222 Å². The zero-order valence-corrected chi connectivity index (χ0v) is 22.5. The first-order chi connectivity index (χ1) is 17.8. The Bertz CT molecular complexity index is 1370. The number of thiazole rings is 1. The molecule has 4 rings (SSSR count). The lowest BCUT2D eigenvalue weighted by atomic mass is 10.1. The molecule has 4 atom stereocenters. The van der Waals surface area contributed by atoms with Crippen LogP contribution >= 0.6 is 11.3 Å². The molecule has 2 heterocycles. The number of nitrogens with zero attached hydrogens (tertiary/aromatic N) is 4. The topological polar surface area (TPSA) is 141 Å². The van der Waals surface area contributed by atoms with Crippen molar-refractivity contribution in [3.8, 4) is 10.6 Å². The van der Waals surface area contributed by atoms with E-state index in [1.807, 2.05) is 24.3 Å². The monoisotopic (exact) mass is 574 g/mol. The van der Waals surface area contributed by atoms with Crippen LogP contribution in [0.25, 0.3) is 20.8 Å². The maximum absolute atomic E-state index is 12.8. The van der Waals surface area contributed by atoms with Crippen molar-refractivity contribution >= 4 is 43.3 Å². The maximum Gasteiger partial charge on any atom is 0.405 e. The summed E-state index contributed by atoms with van der Waals surface area (Å²) in [5.41, 5.74) is 1.55. The lowest BCUT2D eigenvalue weighted by molar-refractivity contribution is -0.115. The molecule has 38 heavy (non-hydrogen) atoms. The van der Waals surface area contributed by atoms with E-state index in [2.05, 4.69) is 25.6 Å². The summed E-state index contributed by atoms with van der Waals surface area (Å²) in [6.45, 7) is 2.19. The summed E-state index contributed by atoms with van der Waals surface area (Å²) in [6, 6.07) is 6.67. The van der Waals surface area contributed by atoms with Gasteiger partial charge in [-0.05, 0) is 25.5 Å². The number of fused-ring (bicyclic) bond motifs is 1. The average molecular weight is 575 g/mol. The summed E-state index contributed by atoms with van der Waals surface area (Å²) >= 11 is 1.36. The fourth-order valence-electron chi connectivity index (χ4n) is 4.56. The van der Waals surface area contributed by atoms with E-state index in [-0.39, 0.29) is 31.3 Å². The van der Waals surface area contributed by atoms with E-state index in [0.717, 1.165) is 16.5 Å². The van der Waals surface area contributed by atoms with Gasteiger partial charge in [-0.1, -0.05) is 19.1 Å². The average Bonchev–Trinajstić information content (AvgIpc) is 3.36. The summed E-state index contributed by atoms with van der Waals surface area (Å²) < 4.78 is 64.7. The zero-order valence-electron chi connectivity index (χ0n) is 20.9. The van der Waals surface area contributed by atoms with Gasteiger partial charge >= 0.3 is 6.18 Å². The number of alkyl halides is 3. The second kappa shape index (κ2) is 10.9. The zero-order chi connectivity index (χ0) is 27.8. The highest BCUT2D eigenvalue weighted by atomic mass is 32.2. The third-order valence-corrected chi connectivity index (χ3v) is 8.83. The van der Waals surface area contributed by atoms with Crippen LogP contribution in [-0.4, -0.2) is 88.2 Å². The van der Waals surface area contributed by atoms with Gasteiger partial charge in [0.15, 0.2) is 0 Å². The molecule has 208 valence electrons. The van der Waals surface area contributed by atoms with Crippen molar-refractivity contribution in [1.29, 1.82) is 0 Å². The molecule has 1 aliphatic carbocycles. The summed E-state index contributed by atoms with van der Waals surface area (Å²) in [5.74, 6) is -0.687. The number of aliphatic hydroxyl groups excluding tert-OH is 2. The van der Waals surface area contributed by atoms with Gasteiger partial charge in [0.25, 0.3) is 0 Å². The molecule has 3 aromatic rings. The van der Waals surface area contributed by atoms with Gasteiger partial charge in [-0.15, -0.1) is 11.3 Å². The normalized spacial score (nSPS) is 22.3. The molecule has 1 aliphatic rings. The highest BCUT2D eigenvalue weighted by molar-refractivity contribution is 7.88. The predicted molar refractivity (Wildman–Crippen MR) is 140 cm³/mol. The van der Waals surface area contributed by atoms with E-state index in [4.69, 9.17) is 0 Å². The molecular weight excluding hydrogens is 545 g/mol. The molecule has 1 fully saturated rings. The minimum atomic E-state index is -4.49. The van der Waals surface area contributed by atoms with Crippen molar-refractivity contribution in [2.45, 2.75) is 44.7 Å². The van der Waals surface area contributed by atoms with Gasteiger partial charge in [-0.2, -0.15) is 18.2 Å². The number of benzene rings is 1. The fraction of sp³-hybridized carbons (Fsp3) is 0.522. The van der Waals surface area contributed by atoms with Crippen LogP contribution in [0.2, 0.25) is 0 Å². The van der Waals surface area contributed by atoms with Gasteiger partial charge in [0.05, 0.1) is 39.9 Å². The molecule has 0 saturated heterocycles. The Morgan fingerprint density at radius 1 is 1.16 bits per heavy atom. The van der Waals surface area contributed by atoms with Gasteiger partial charge in [0.2, 0.25) is 16.0 Å². The smallest absolute Gasteiger partial charge is 0.390 e. The van der Waals surface area contributed by atoms with Crippen LogP contribution < -0.4 is 10.6 Å². The SMILES string of the molecule is CCN(CC1CC(Nc2nc(NCC(F)(F)F)nc(C)c2-c2nc3ccccc3s2)C(O)C1O)S(C)(=O)=O. The molecule has 0 bridgehead atoms. The number of para-hydroxylation sites is 1. The van der Waals surface area contributed by atoms with Gasteiger partial charge in [-0.25, -0.2) is 22.7 Å². The van der Waals surface area contributed by atoms with Crippen LogP contribution in [-0.2, 0) is 10.0 Å². The predicted octanol–water partition coefficient (Wildman–Crippen LogP) is 2.84. The number of aromatic nitrogens is 3. The van der Waals surface area contributed by atoms with E-state index in [1.54, 1.807) is 13.8 Å². The third-order valence-electron chi connectivity index (χ3n) is 6.43. The van der Waals surface area contributed by atoms with Crippen molar-refractivity contribution in [1.82, 2.24) is 19.3 Å². The molecule has 2 aromatic heterocycles. The lowest BCUT2D eigenvalue weighted by Gasteiger charge is -2.24. The number of aryl methyl sites for hydroxylation is 1. The number of rotatable bonds is 9. The number of hydrogen-bond donors (Lipinski definition) is 4. The van der Waals surface area contributed by atoms with Crippen LogP contribution in [0.5, 0.6) is 0 Å². The Hall–Kier alpha value is -2.59. The molecule has 15 heteroatoms. The molecule has 1 saturated carbocycles. The second-order valence-corrected chi connectivity index (χ2v) is 12.3. The first-order valence-electron chi connectivity index (χ1n) is 11.9. The standard InChI is InChI=1S/C23H29F3N6O4S2/c1-4-32(38(3,35)36)10-13-9-15(19(34)18(13)33)29-20-17(21-30-14-7-5-6-8-16(14)37-21)12(2)28-22(31-20)27-11-23(24,25)26/h5-8,13,15,18-19,33-34H,4,9-11H2,1-3H3,(H2,27,28,29,31). The minimum absolute atomic E-state index is 0.0116. The molecule has 0 aliphatic heterocycles. The molecule has 0 radical (unpaired) electrons. The third kappa shape index (κ3) is 6.34. The van der Waals surface area contributed by atoms with Crippen molar-refractivity contribution < 1.29 is 31.8 Å². The van der Waals surface area contributed by atoms with Crippen molar-refractivity contribution in [2.75, 3.05) is 36.5 Å². The summed E-state index contributed by atoms with van der Waals surface area (Å²) in [7, 11) is -3.51. The van der Waals surface area contributed by atoms with Gasteiger partial charge in [-0.3, -0.25) is 0 Å². The van der Waals surface area contributed by atoms with Gasteiger partial charge < -0.3 is 20.8 Å². The van der Waals surface area contributed by atoms with E-state index < -0.39 is 46.9 Å². The summed E-state index contributed by atoms with van der Waals surface area (Å²) in [6.07, 6.45) is -5.71. The maximum atomic E-state index is 12.8. The second-order valence-electron chi connectivity index (χ2n) is 9.25. The number of nitrogens with one attached hydrogen (secondary N) is 2. The summed E-state index contributed by atoms with van der Waals surface area (Å²) in [4.78, 5) is 13.1. The van der Waals surface area contributed by atoms with Crippen LogP contribution in [0, 0.1) is 12.8 Å². The van der Waals surface area contributed by atoms with Crippen molar-refractivity contribution in [2.24, 2.45) is 5.92 Å². The summed E-state index contributed by atoms with van der Waals surface area (Å²) in [5, 5.41) is 27.3. The van der Waals surface area contributed by atoms with Crippen LogP contribution in [0.3, 0.4) is 0 Å². The number of halogens is 3. The number of sulfonamides is 1. The Morgan fingerprint density at radius 3 is 2.50 bits per heavy atom. The first kappa shape index (κ1) is 28.4. The Morgan fingerprint density at radius 2 is 1.87 bits per heavy atom. The highest BCUT2D eigenvalue weighted by Crippen LogP contribution is 2.38. The molecule has 4 unspecified atom stereocenters. The molecule has 1 aromatic carbocycles. The quantitative estimate of drug-likeness (QED) is 0.304. The van der Waals surface area contributed by atoms with Crippen molar-refractivity contribution in [3.05, 3.63) is 30.0 Å². The van der Waals surface area contributed by atoms with Gasteiger partial charge in [0.1, 0.15) is 23.5 Å². The Kier molecular flexibility index (Phi) is 8.14. The molecular formula is C23H29F3N6O4S2. The van der Waals surface area contributed by atoms with Gasteiger partial charge in [0, 0.05) is 19.0 Å². The molecule has 10 nitrogen and oxygen atoms in total. The lowest BCUT2D eigenvalue weighted by Crippen LogP contribution is -2.39. The van der Waals surface area contributed by atoms with E-state index >= 15 is 0 Å². The number of hydrogen-bond acceptors (Lipinski definition) is 10. The number of aliphatic hydroxyl groups is 2. The Balaban J connectivity index is 1.68. The van der Waals surface area contributed by atoms with Crippen molar-refractivity contribution in [3.63, 3.8) is 0 Å². The largest absolute Gasteiger partial charge is 0.405 e. The number of anilines is 2. The first-order valence-corrected chi connectivity index (χ1v) is 14.6. The molecule has 4 N–H and O–H groups in total. The van der Waals surface area contributed by atoms with E-state index in [0.29, 0.717) is 16.3 Å². The van der Waals surface area contributed by atoms with Crippen LogP contribution in [0.15, 0.2) is 24.3 Å². The highest BCUT2D eigenvalue weighted by Gasteiger charge is 2.43. The van der Waals surface area contributed by atoms with E-state index in [1.165, 1.54) is 15.6 Å². The van der Waals surface area contributed by atoms with E-state index in [9.17, 15) is 31.8 Å². The van der Waals surface area contributed by atoms with Crippen LogP contribution in [0.4, 0.5) is 24.9 Å². The fourth-order valence-corrected chi connectivity index (χ4v) is 6.55. The molecule has 0 amide bonds. The van der Waals surface area contributed by atoms with Crippen LogP contribution in [0.1, 0.15) is 19.0 Å². The minimum Gasteiger partial charge on any atom is -0.390 e.